The molecule has 0 N–H and O–H groups in total. The zero-order valence-corrected chi connectivity index (χ0v) is 13.5. The van der Waals surface area contributed by atoms with Gasteiger partial charge in [0.1, 0.15) is 5.75 Å². The molecule has 3 rings (SSSR count). The van der Waals surface area contributed by atoms with Crippen molar-refractivity contribution in [3.63, 3.8) is 0 Å². The second-order valence-electron chi connectivity index (χ2n) is 5.47. The van der Waals surface area contributed by atoms with Crippen LogP contribution in [0.15, 0.2) is 66.7 Å². The van der Waals surface area contributed by atoms with E-state index in [0.717, 1.165) is 22.3 Å². The van der Waals surface area contributed by atoms with E-state index in [2.05, 4.69) is 0 Å². The smallest absolute Gasteiger partial charge is 0.277 e. The second kappa shape index (κ2) is 6.54. The molecule has 0 aliphatic carbocycles. The summed E-state index contributed by atoms with van der Waals surface area (Å²) in [7, 11) is 1.60. The van der Waals surface area contributed by atoms with Crippen LogP contribution >= 0.6 is 0 Å². The van der Waals surface area contributed by atoms with Gasteiger partial charge in [-0.3, -0.25) is 10.1 Å². The summed E-state index contributed by atoms with van der Waals surface area (Å²) < 4.78 is 5.45. The molecule has 3 aromatic rings. The Morgan fingerprint density at radius 3 is 2.12 bits per heavy atom. The molecular weight excluding hydrogens is 302 g/mol. The van der Waals surface area contributed by atoms with E-state index >= 15 is 0 Å². The van der Waals surface area contributed by atoms with Crippen LogP contribution in [0.25, 0.3) is 22.3 Å². The first kappa shape index (κ1) is 15.7. The van der Waals surface area contributed by atoms with Crippen molar-refractivity contribution >= 4 is 5.69 Å². The summed E-state index contributed by atoms with van der Waals surface area (Å²) in [5.41, 5.74) is 4.17. The predicted octanol–water partition coefficient (Wildman–Crippen LogP) is 5.25. The van der Waals surface area contributed by atoms with Crippen molar-refractivity contribution in [1.29, 1.82) is 0 Å². The zero-order valence-electron chi connectivity index (χ0n) is 13.5. The molecule has 120 valence electrons. The molecule has 0 heterocycles. The summed E-state index contributed by atoms with van der Waals surface area (Å²) in [5, 5.41) is 11.6. The number of rotatable bonds is 4. The zero-order chi connectivity index (χ0) is 17.1. The van der Waals surface area contributed by atoms with Gasteiger partial charge in [0.05, 0.1) is 17.6 Å². The number of hydrogen-bond acceptors (Lipinski definition) is 3. The molecule has 0 amide bonds. The van der Waals surface area contributed by atoms with Crippen LogP contribution in [0.4, 0.5) is 5.69 Å². The molecule has 24 heavy (non-hydrogen) atoms. The van der Waals surface area contributed by atoms with E-state index in [4.69, 9.17) is 4.74 Å². The van der Waals surface area contributed by atoms with Gasteiger partial charge < -0.3 is 4.74 Å². The largest absolute Gasteiger partial charge is 0.496 e. The van der Waals surface area contributed by atoms with Crippen LogP contribution in [0, 0.1) is 17.0 Å². The quantitative estimate of drug-likeness (QED) is 0.488. The van der Waals surface area contributed by atoms with E-state index in [9.17, 15) is 10.1 Å². The molecule has 0 aliphatic rings. The van der Waals surface area contributed by atoms with Crippen LogP contribution in [0.1, 0.15) is 5.56 Å². The molecule has 3 aromatic carbocycles. The second-order valence-corrected chi connectivity index (χ2v) is 5.47. The van der Waals surface area contributed by atoms with Crippen LogP contribution in [0.5, 0.6) is 5.75 Å². The molecule has 0 radical (unpaired) electrons. The molecular formula is C20H17NO3. The van der Waals surface area contributed by atoms with Crippen molar-refractivity contribution in [3.8, 4) is 28.0 Å². The molecule has 0 unspecified atom stereocenters. The van der Waals surface area contributed by atoms with Crippen molar-refractivity contribution in [2.75, 3.05) is 7.11 Å². The average molecular weight is 319 g/mol. The molecule has 0 aromatic heterocycles. The lowest BCUT2D eigenvalue weighted by atomic mass is 9.90. The fourth-order valence-corrected chi connectivity index (χ4v) is 2.92. The first-order chi connectivity index (χ1) is 11.6. The normalized spacial score (nSPS) is 10.4. The predicted molar refractivity (Wildman–Crippen MR) is 95.3 cm³/mol. The summed E-state index contributed by atoms with van der Waals surface area (Å²) in [4.78, 5) is 11.3. The number of ether oxygens (including phenoxy) is 1. The monoisotopic (exact) mass is 319 g/mol. The van der Waals surface area contributed by atoms with Gasteiger partial charge in [0.2, 0.25) is 0 Å². The molecule has 0 aliphatic heterocycles. The number of para-hydroxylation sites is 1. The third kappa shape index (κ3) is 2.74. The van der Waals surface area contributed by atoms with Gasteiger partial charge in [0.25, 0.3) is 5.69 Å². The minimum atomic E-state index is -0.333. The van der Waals surface area contributed by atoms with Gasteiger partial charge in [0.15, 0.2) is 0 Å². The standard InChI is InChI=1S/C20H17NO3/c1-14-8-3-4-9-15(14)20-17(11-7-12-18(20)21(22)23)16-10-5-6-13-19(16)24-2/h3-13H,1-2H3. The molecule has 0 fully saturated rings. The van der Waals surface area contributed by atoms with Crippen molar-refractivity contribution < 1.29 is 9.66 Å². The highest BCUT2D eigenvalue weighted by molar-refractivity contribution is 5.92. The molecule has 0 saturated carbocycles. The van der Waals surface area contributed by atoms with Crippen LogP contribution < -0.4 is 4.74 Å². The lowest BCUT2D eigenvalue weighted by molar-refractivity contribution is -0.384. The third-order valence-electron chi connectivity index (χ3n) is 4.05. The molecule has 4 heteroatoms. The minimum absolute atomic E-state index is 0.0905. The van der Waals surface area contributed by atoms with E-state index in [1.807, 2.05) is 61.5 Å². The maximum Gasteiger partial charge on any atom is 0.277 e. The Balaban J connectivity index is 2.38. The summed E-state index contributed by atoms with van der Waals surface area (Å²) >= 11 is 0. The number of methoxy groups -OCH3 is 1. The first-order valence-corrected chi connectivity index (χ1v) is 7.60. The minimum Gasteiger partial charge on any atom is -0.496 e. The molecule has 0 spiro atoms. The Bertz CT molecular complexity index is 903. The number of nitrogens with zero attached hydrogens (tertiary/aromatic N) is 1. The van der Waals surface area contributed by atoms with Gasteiger partial charge in [-0.2, -0.15) is 0 Å². The van der Waals surface area contributed by atoms with Gasteiger partial charge >= 0.3 is 0 Å². The summed E-state index contributed by atoms with van der Waals surface area (Å²) in [6.45, 7) is 1.96. The van der Waals surface area contributed by atoms with Crippen LogP contribution in [0.2, 0.25) is 0 Å². The Hall–Kier alpha value is -3.14. The first-order valence-electron chi connectivity index (χ1n) is 7.60. The highest BCUT2D eigenvalue weighted by atomic mass is 16.6. The van der Waals surface area contributed by atoms with Gasteiger partial charge in [-0.15, -0.1) is 0 Å². The van der Waals surface area contributed by atoms with Crippen LogP contribution in [-0.4, -0.2) is 12.0 Å². The number of aryl methyl sites for hydroxylation is 1. The highest BCUT2D eigenvalue weighted by Crippen LogP contribution is 2.42. The van der Waals surface area contributed by atoms with E-state index < -0.39 is 0 Å². The number of nitro benzene ring substituents is 1. The SMILES string of the molecule is COc1ccccc1-c1cccc([N+](=O)[O-])c1-c1ccccc1C. The van der Waals surface area contributed by atoms with Crippen LogP contribution in [-0.2, 0) is 0 Å². The van der Waals surface area contributed by atoms with Gasteiger partial charge in [-0.25, -0.2) is 0 Å². The fourth-order valence-electron chi connectivity index (χ4n) is 2.92. The van der Waals surface area contributed by atoms with E-state index in [0.29, 0.717) is 11.3 Å². The van der Waals surface area contributed by atoms with E-state index in [1.54, 1.807) is 19.2 Å². The highest BCUT2D eigenvalue weighted by Gasteiger charge is 2.22. The Morgan fingerprint density at radius 2 is 1.46 bits per heavy atom. The van der Waals surface area contributed by atoms with Gasteiger partial charge in [-0.1, -0.05) is 54.6 Å². The average Bonchev–Trinajstić information content (AvgIpc) is 2.61. The van der Waals surface area contributed by atoms with E-state index in [-0.39, 0.29) is 10.6 Å². The molecule has 0 saturated heterocycles. The number of nitro groups is 1. The van der Waals surface area contributed by atoms with Crippen molar-refractivity contribution in [1.82, 2.24) is 0 Å². The summed E-state index contributed by atoms with van der Waals surface area (Å²) in [6, 6.07) is 20.4. The van der Waals surface area contributed by atoms with Crippen molar-refractivity contribution in [2.45, 2.75) is 6.92 Å². The Labute approximate surface area is 140 Å². The molecule has 0 atom stereocenters. The maximum atomic E-state index is 11.6. The van der Waals surface area contributed by atoms with Crippen molar-refractivity contribution in [3.05, 3.63) is 82.4 Å². The fraction of sp³-hybridized carbons (Fsp3) is 0.100. The lowest BCUT2D eigenvalue weighted by Gasteiger charge is -2.15. The molecule has 0 bridgehead atoms. The summed E-state index contributed by atoms with van der Waals surface area (Å²) in [5.74, 6) is 0.688. The third-order valence-corrected chi connectivity index (χ3v) is 4.05. The topological polar surface area (TPSA) is 52.4 Å². The maximum absolute atomic E-state index is 11.6. The Kier molecular flexibility index (Phi) is 4.29. The molecule has 4 nitrogen and oxygen atoms in total. The van der Waals surface area contributed by atoms with Gasteiger partial charge in [0, 0.05) is 17.2 Å². The Morgan fingerprint density at radius 1 is 0.833 bits per heavy atom. The summed E-state index contributed by atoms with van der Waals surface area (Å²) in [6.07, 6.45) is 0. The number of hydrogen-bond donors (Lipinski definition) is 0. The lowest BCUT2D eigenvalue weighted by Crippen LogP contribution is -1.97. The van der Waals surface area contributed by atoms with Crippen LogP contribution in [0.3, 0.4) is 0 Å². The van der Waals surface area contributed by atoms with Gasteiger partial charge in [-0.05, 0) is 24.1 Å². The number of benzene rings is 3. The van der Waals surface area contributed by atoms with E-state index in [1.165, 1.54) is 0 Å². The van der Waals surface area contributed by atoms with Crippen molar-refractivity contribution in [2.24, 2.45) is 0 Å².